The van der Waals surface area contributed by atoms with Crippen LogP contribution in [-0.4, -0.2) is 32.2 Å². The van der Waals surface area contributed by atoms with Gasteiger partial charge < -0.3 is 19.5 Å². The molecule has 0 saturated heterocycles. The zero-order valence-electron chi connectivity index (χ0n) is 15.2. The fourth-order valence-electron chi connectivity index (χ4n) is 2.26. The number of alkyl halides is 2. The van der Waals surface area contributed by atoms with Crippen molar-refractivity contribution in [1.29, 1.82) is 5.26 Å². The molecule has 0 fully saturated rings. The van der Waals surface area contributed by atoms with Gasteiger partial charge in [0.2, 0.25) is 0 Å². The van der Waals surface area contributed by atoms with E-state index in [1.165, 1.54) is 43.5 Å². The van der Waals surface area contributed by atoms with Crippen LogP contribution in [0.5, 0.6) is 11.5 Å². The van der Waals surface area contributed by atoms with E-state index in [-0.39, 0.29) is 28.3 Å². The van der Waals surface area contributed by atoms with Crippen LogP contribution in [0.2, 0.25) is 0 Å². The fraction of sp³-hybridized carbons (Fsp3) is 0.150. The van der Waals surface area contributed by atoms with E-state index in [0.29, 0.717) is 0 Å². The van der Waals surface area contributed by atoms with E-state index in [1.54, 1.807) is 12.1 Å². The van der Waals surface area contributed by atoms with Crippen molar-refractivity contribution < 1.29 is 32.6 Å². The molecule has 2 aromatic carbocycles. The molecule has 0 aliphatic rings. The second-order valence-corrected chi connectivity index (χ2v) is 5.40. The van der Waals surface area contributed by atoms with Crippen molar-refractivity contribution in [1.82, 2.24) is 0 Å². The Morgan fingerprint density at radius 3 is 2.66 bits per heavy atom. The zero-order chi connectivity index (χ0) is 21.2. The lowest BCUT2D eigenvalue weighted by Gasteiger charge is -2.12. The summed E-state index contributed by atoms with van der Waals surface area (Å²) < 4.78 is 39.4. The highest BCUT2D eigenvalue weighted by Crippen LogP contribution is 2.33. The molecule has 1 amide bonds. The molecular formula is C20H16F2N2O5. The molecule has 9 heteroatoms. The molecule has 0 aliphatic carbocycles. The Labute approximate surface area is 165 Å². The number of rotatable bonds is 8. The molecule has 0 aliphatic heterocycles. The monoisotopic (exact) mass is 402 g/mol. The number of benzene rings is 2. The number of anilines is 1. The number of nitrogens with one attached hydrogen (secondary N) is 1. The first kappa shape index (κ1) is 21.4. The lowest BCUT2D eigenvalue weighted by Crippen LogP contribution is -2.20. The first-order valence-electron chi connectivity index (χ1n) is 8.20. The van der Waals surface area contributed by atoms with E-state index in [2.05, 4.69) is 10.1 Å². The van der Waals surface area contributed by atoms with Crippen molar-refractivity contribution in [3.8, 4) is 17.6 Å². The third-order valence-electron chi connectivity index (χ3n) is 3.50. The summed E-state index contributed by atoms with van der Waals surface area (Å²) in [5.74, 6) is -1.69. The molecular weight excluding hydrogens is 386 g/mol. The van der Waals surface area contributed by atoms with Crippen molar-refractivity contribution >= 4 is 23.6 Å². The van der Waals surface area contributed by atoms with E-state index in [9.17, 15) is 18.4 Å². The highest BCUT2D eigenvalue weighted by atomic mass is 19.3. The zero-order valence-corrected chi connectivity index (χ0v) is 15.2. The number of hydrogen-bond donors (Lipinski definition) is 1. The molecule has 0 bridgehead atoms. The number of nitriles is 1. The van der Waals surface area contributed by atoms with E-state index in [4.69, 9.17) is 14.7 Å². The highest BCUT2D eigenvalue weighted by molar-refractivity contribution is 5.95. The molecule has 0 heterocycles. The standard InChI is InChI=1S/C20H16F2N2O5/c1-27-16-8-4-6-13(19(16)29-20(21)22)9-10-18(26)28-12-17(25)24-15-7-3-2-5-14(15)11-23/h2-10,20H,12H2,1H3,(H,24,25)/b10-9+. The number of hydrogen-bond acceptors (Lipinski definition) is 6. The second-order valence-electron chi connectivity index (χ2n) is 5.40. The van der Waals surface area contributed by atoms with Crippen LogP contribution in [0.25, 0.3) is 6.08 Å². The third kappa shape index (κ3) is 6.32. The number of carbonyl (C=O) groups is 2. The van der Waals surface area contributed by atoms with Crippen LogP contribution in [0.15, 0.2) is 48.5 Å². The van der Waals surface area contributed by atoms with Gasteiger partial charge >= 0.3 is 12.6 Å². The SMILES string of the molecule is COc1cccc(/C=C/C(=O)OCC(=O)Nc2ccccc2C#N)c1OC(F)F. The van der Waals surface area contributed by atoms with Crippen LogP contribution in [0, 0.1) is 11.3 Å². The minimum atomic E-state index is -3.08. The van der Waals surface area contributed by atoms with Gasteiger partial charge in [-0.15, -0.1) is 0 Å². The molecule has 2 rings (SSSR count). The van der Waals surface area contributed by atoms with Crippen LogP contribution in [-0.2, 0) is 14.3 Å². The number of esters is 1. The molecule has 0 saturated carbocycles. The molecule has 0 radical (unpaired) electrons. The van der Waals surface area contributed by atoms with Crippen molar-refractivity contribution in [3.05, 3.63) is 59.7 Å². The number of carbonyl (C=O) groups excluding carboxylic acids is 2. The Morgan fingerprint density at radius 1 is 1.21 bits per heavy atom. The maximum Gasteiger partial charge on any atom is 0.387 e. The molecule has 0 spiro atoms. The third-order valence-corrected chi connectivity index (χ3v) is 3.50. The quantitative estimate of drug-likeness (QED) is 0.537. The minimum Gasteiger partial charge on any atom is -0.493 e. The van der Waals surface area contributed by atoms with Gasteiger partial charge in [0.15, 0.2) is 18.1 Å². The van der Waals surface area contributed by atoms with Gasteiger partial charge in [0.25, 0.3) is 5.91 Å². The molecule has 1 N–H and O–H groups in total. The average Bonchev–Trinajstić information content (AvgIpc) is 2.71. The molecule has 0 unspecified atom stereocenters. The number of halogens is 2. The number of methoxy groups -OCH3 is 1. The minimum absolute atomic E-state index is 0.0661. The van der Waals surface area contributed by atoms with Crippen molar-refractivity contribution in [3.63, 3.8) is 0 Å². The van der Waals surface area contributed by atoms with E-state index in [1.807, 2.05) is 6.07 Å². The molecule has 150 valence electrons. The van der Waals surface area contributed by atoms with Crippen LogP contribution in [0.1, 0.15) is 11.1 Å². The van der Waals surface area contributed by atoms with Gasteiger partial charge in [0.05, 0.1) is 18.4 Å². The molecule has 2 aromatic rings. The van der Waals surface area contributed by atoms with Gasteiger partial charge in [-0.3, -0.25) is 4.79 Å². The van der Waals surface area contributed by atoms with Crippen molar-refractivity contribution in [2.45, 2.75) is 6.61 Å². The summed E-state index contributed by atoms with van der Waals surface area (Å²) in [6.45, 7) is -3.67. The van der Waals surface area contributed by atoms with Gasteiger partial charge in [-0.1, -0.05) is 24.3 Å². The Kier molecular flexibility index (Phi) is 7.68. The van der Waals surface area contributed by atoms with E-state index >= 15 is 0 Å². The Morgan fingerprint density at radius 2 is 1.97 bits per heavy atom. The highest BCUT2D eigenvalue weighted by Gasteiger charge is 2.14. The summed E-state index contributed by atoms with van der Waals surface area (Å²) in [5, 5.41) is 11.4. The van der Waals surface area contributed by atoms with Crippen LogP contribution in [0.4, 0.5) is 14.5 Å². The maximum absolute atomic E-state index is 12.6. The smallest absolute Gasteiger partial charge is 0.387 e. The van der Waals surface area contributed by atoms with Crippen LogP contribution in [0.3, 0.4) is 0 Å². The Hall–Kier alpha value is -3.93. The summed E-state index contributed by atoms with van der Waals surface area (Å²) >= 11 is 0. The van der Waals surface area contributed by atoms with E-state index in [0.717, 1.165) is 6.08 Å². The van der Waals surface area contributed by atoms with Crippen LogP contribution < -0.4 is 14.8 Å². The molecule has 0 aromatic heterocycles. The first-order valence-corrected chi connectivity index (χ1v) is 8.20. The maximum atomic E-state index is 12.6. The van der Waals surface area contributed by atoms with Crippen molar-refractivity contribution in [2.24, 2.45) is 0 Å². The normalized spacial score (nSPS) is 10.4. The largest absolute Gasteiger partial charge is 0.493 e. The number of amides is 1. The van der Waals surface area contributed by atoms with Gasteiger partial charge in [0.1, 0.15) is 6.07 Å². The summed E-state index contributed by atoms with van der Waals surface area (Å²) in [6, 6.07) is 12.7. The lowest BCUT2D eigenvalue weighted by atomic mass is 10.1. The molecule has 29 heavy (non-hydrogen) atoms. The average molecular weight is 402 g/mol. The van der Waals surface area contributed by atoms with Crippen LogP contribution >= 0.6 is 0 Å². The number of para-hydroxylation sites is 2. The number of ether oxygens (including phenoxy) is 3. The Bertz CT molecular complexity index is 954. The lowest BCUT2D eigenvalue weighted by molar-refractivity contribution is -0.142. The topological polar surface area (TPSA) is 97.6 Å². The summed E-state index contributed by atoms with van der Waals surface area (Å²) in [4.78, 5) is 23.7. The Balaban J connectivity index is 1.98. The fourth-order valence-corrected chi connectivity index (χ4v) is 2.26. The summed E-state index contributed by atoms with van der Waals surface area (Å²) in [7, 11) is 1.29. The molecule has 7 nitrogen and oxygen atoms in total. The predicted molar refractivity (Wildman–Crippen MR) is 99.4 cm³/mol. The van der Waals surface area contributed by atoms with Gasteiger partial charge in [-0.05, 0) is 24.3 Å². The van der Waals surface area contributed by atoms with Gasteiger partial charge in [-0.25, -0.2) is 4.79 Å². The first-order chi connectivity index (χ1) is 13.9. The number of nitrogens with zero attached hydrogens (tertiary/aromatic N) is 1. The van der Waals surface area contributed by atoms with E-state index < -0.39 is 25.1 Å². The predicted octanol–water partition coefficient (Wildman–Crippen LogP) is 3.36. The van der Waals surface area contributed by atoms with Gasteiger partial charge in [-0.2, -0.15) is 14.0 Å². The second kappa shape index (κ2) is 10.4. The summed E-state index contributed by atoms with van der Waals surface area (Å²) in [6.07, 6.45) is 2.16. The van der Waals surface area contributed by atoms with Gasteiger partial charge in [0, 0.05) is 11.6 Å². The van der Waals surface area contributed by atoms with Crippen molar-refractivity contribution in [2.75, 3.05) is 19.0 Å². The summed E-state index contributed by atoms with van der Waals surface area (Å²) in [5.41, 5.74) is 0.711. The molecule has 0 atom stereocenters.